The first-order chi connectivity index (χ1) is 20.0. The number of ether oxygens (including phenoxy) is 4. The lowest BCUT2D eigenvalue weighted by Crippen LogP contribution is -2.81. The van der Waals surface area contributed by atoms with Gasteiger partial charge < -0.3 is 38.7 Å². The van der Waals surface area contributed by atoms with Crippen LogP contribution in [-0.4, -0.2) is 75.8 Å². The van der Waals surface area contributed by atoms with Crippen molar-refractivity contribution < 1.29 is 57.9 Å². The average molecular weight is 605 g/mol. The zero-order valence-electron chi connectivity index (χ0n) is 25.2. The third-order valence-corrected chi connectivity index (χ3v) is 12.3. The first-order valence-corrected chi connectivity index (χ1v) is 14.8. The number of aliphatic hydroxyl groups is 3. The molecule has 0 aromatic carbocycles. The molecule has 12 nitrogen and oxygen atoms in total. The molecule has 1 aromatic rings. The van der Waals surface area contributed by atoms with Crippen LogP contribution in [0.15, 0.2) is 23.0 Å². The number of cyclic esters (lactones) is 1. The van der Waals surface area contributed by atoms with Crippen LogP contribution in [0.4, 0.5) is 0 Å². The lowest BCUT2D eigenvalue weighted by molar-refractivity contribution is -0.357. The third-order valence-electron chi connectivity index (χ3n) is 12.3. The summed E-state index contributed by atoms with van der Waals surface area (Å²) < 4.78 is 27.9. The van der Waals surface area contributed by atoms with Gasteiger partial charge in [0.1, 0.15) is 23.9 Å². The second-order valence-corrected chi connectivity index (χ2v) is 14.1. The summed E-state index contributed by atoms with van der Waals surface area (Å²) in [4.78, 5) is 51.4. The summed E-state index contributed by atoms with van der Waals surface area (Å²) in [6.45, 7) is 7.79. The molecule has 1 aromatic heterocycles. The Labute approximate surface area is 249 Å². The van der Waals surface area contributed by atoms with E-state index in [2.05, 4.69) is 0 Å². The summed E-state index contributed by atoms with van der Waals surface area (Å²) in [5.41, 5.74) is -6.50. The standard InChI is InChI=1S/C31H40O12/c1-14(32)41-24-20-25(42-15(2)33)31(38)17(29(5)22(21(35)26(36)39-6)28(24,4)13-30(20,29)37)7-9-27(3)18(31)11-19(34)43-23(27)16-8-10-40-12-16/h8,10,12,17-18,20-25,35,37-38H,7,9,11,13H2,1-6H3/t17-,18+,20+,21+,22-,23+,24-,25+,27+,28+,29+,30+,31-/m1/s1. The van der Waals surface area contributed by atoms with Crippen LogP contribution in [0.3, 0.4) is 0 Å². The minimum Gasteiger partial charge on any atom is -0.472 e. The molecule has 4 saturated carbocycles. The molecule has 0 spiro atoms. The molecule has 236 valence electrons. The molecule has 1 saturated heterocycles. The van der Waals surface area contributed by atoms with Gasteiger partial charge in [0, 0.05) is 53.4 Å². The molecule has 5 fully saturated rings. The highest BCUT2D eigenvalue weighted by Crippen LogP contribution is 2.81. The predicted octanol–water partition coefficient (Wildman–Crippen LogP) is 1.84. The number of esters is 4. The van der Waals surface area contributed by atoms with Gasteiger partial charge in [-0.25, -0.2) is 4.79 Å². The molecular weight excluding hydrogens is 564 g/mol. The molecule has 4 aliphatic carbocycles. The number of aliphatic hydroxyl groups excluding tert-OH is 1. The third kappa shape index (κ3) is 3.54. The number of carbonyl (C=O) groups excluding carboxylic acids is 4. The maximum atomic E-state index is 13.3. The highest BCUT2D eigenvalue weighted by atomic mass is 16.6. The number of hydrogen-bond donors (Lipinski definition) is 3. The molecule has 13 atom stereocenters. The van der Waals surface area contributed by atoms with E-state index in [-0.39, 0.29) is 19.3 Å². The Morgan fingerprint density at radius 1 is 1.02 bits per heavy atom. The lowest BCUT2D eigenvalue weighted by atomic mass is 9.36. The van der Waals surface area contributed by atoms with Crippen LogP contribution in [-0.2, 0) is 38.1 Å². The maximum Gasteiger partial charge on any atom is 0.335 e. The van der Waals surface area contributed by atoms with E-state index in [1.165, 1.54) is 26.4 Å². The van der Waals surface area contributed by atoms with Gasteiger partial charge in [0.25, 0.3) is 0 Å². The molecule has 5 aliphatic rings. The van der Waals surface area contributed by atoms with E-state index in [0.29, 0.717) is 12.0 Å². The van der Waals surface area contributed by atoms with Crippen molar-refractivity contribution in [2.45, 2.75) is 95.9 Å². The fourth-order valence-electron chi connectivity index (χ4n) is 11.0. The van der Waals surface area contributed by atoms with E-state index >= 15 is 0 Å². The quantitative estimate of drug-likeness (QED) is 0.328. The van der Waals surface area contributed by atoms with E-state index in [1.807, 2.05) is 6.92 Å². The number of fused-ring (bicyclic) bond motifs is 5. The zero-order valence-corrected chi connectivity index (χ0v) is 25.2. The molecular formula is C31H40O12. The molecule has 43 heavy (non-hydrogen) atoms. The Morgan fingerprint density at radius 3 is 2.26 bits per heavy atom. The van der Waals surface area contributed by atoms with Crippen molar-refractivity contribution in [3.05, 3.63) is 24.2 Å². The molecule has 3 N–H and O–H groups in total. The van der Waals surface area contributed by atoms with Crippen LogP contribution in [0, 0.1) is 39.9 Å². The molecule has 2 bridgehead atoms. The van der Waals surface area contributed by atoms with Crippen LogP contribution >= 0.6 is 0 Å². The van der Waals surface area contributed by atoms with Crippen molar-refractivity contribution in [2.75, 3.05) is 7.11 Å². The number of carbonyl (C=O) groups is 4. The fraction of sp³-hybridized carbons (Fsp3) is 0.742. The summed E-state index contributed by atoms with van der Waals surface area (Å²) in [6.07, 6.45) is -1.61. The van der Waals surface area contributed by atoms with E-state index in [0.717, 1.165) is 7.11 Å². The Balaban J connectivity index is 1.61. The van der Waals surface area contributed by atoms with Gasteiger partial charge in [0.2, 0.25) is 0 Å². The summed E-state index contributed by atoms with van der Waals surface area (Å²) in [5.74, 6) is -6.77. The Bertz CT molecular complexity index is 1360. The predicted molar refractivity (Wildman–Crippen MR) is 143 cm³/mol. The molecule has 12 heteroatoms. The maximum absolute atomic E-state index is 13.3. The SMILES string of the molecule is COC(=O)[C@@H](O)[C@@H]1[C@]2(C)C[C@]3(O)[C@@H]([C@H]2OC(C)=O)[C@H](OC(C)=O)[C@]2(O)[C@H]4CC(=O)O[C@@H](c5ccoc5)[C@@]4(C)CC[C@@H]2[C@@]13C. The van der Waals surface area contributed by atoms with Gasteiger partial charge in [0.05, 0.1) is 37.6 Å². The Hall–Kier alpha value is -2.96. The van der Waals surface area contributed by atoms with Crippen LogP contribution in [0.2, 0.25) is 0 Å². The summed E-state index contributed by atoms with van der Waals surface area (Å²) >= 11 is 0. The Kier molecular flexibility index (Phi) is 6.49. The van der Waals surface area contributed by atoms with Gasteiger partial charge in [-0.2, -0.15) is 0 Å². The van der Waals surface area contributed by atoms with Crippen LogP contribution < -0.4 is 0 Å². The van der Waals surface area contributed by atoms with Crippen molar-refractivity contribution in [3.8, 4) is 0 Å². The molecule has 2 heterocycles. The van der Waals surface area contributed by atoms with Crippen molar-refractivity contribution in [1.29, 1.82) is 0 Å². The minimum absolute atomic E-state index is 0.00377. The first kappa shape index (κ1) is 30.1. The largest absolute Gasteiger partial charge is 0.472 e. The van der Waals surface area contributed by atoms with Crippen LogP contribution in [0.25, 0.3) is 0 Å². The van der Waals surface area contributed by atoms with Crippen LogP contribution in [0.5, 0.6) is 0 Å². The molecule has 0 radical (unpaired) electrons. The lowest BCUT2D eigenvalue weighted by Gasteiger charge is -2.72. The van der Waals surface area contributed by atoms with E-state index in [1.54, 1.807) is 19.9 Å². The van der Waals surface area contributed by atoms with Gasteiger partial charge in [-0.15, -0.1) is 0 Å². The zero-order chi connectivity index (χ0) is 31.5. The van der Waals surface area contributed by atoms with Gasteiger partial charge in [0.15, 0.2) is 6.10 Å². The molecule has 6 rings (SSSR count). The molecule has 1 aliphatic heterocycles. The van der Waals surface area contributed by atoms with Gasteiger partial charge >= 0.3 is 23.9 Å². The normalized spacial score (nSPS) is 48.4. The molecule has 0 amide bonds. The van der Waals surface area contributed by atoms with E-state index in [4.69, 9.17) is 23.4 Å². The smallest absolute Gasteiger partial charge is 0.335 e. The summed E-state index contributed by atoms with van der Waals surface area (Å²) in [6, 6.07) is 1.69. The average Bonchev–Trinajstić information content (AvgIpc) is 3.57. The van der Waals surface area contributed by atoms with Gasteiger partial charge in [-0.1, -0.05) is 20.8 Å². The summed E-state index contributed by atoms with van der Waals surface area (Å²) in [5, 5.41) is 37.6. The van der Waals surface area contributed by atoms with E-state index < -0.39 is 99.4 Å². The minimum atomic E-state index is -1.97. The number of furan rings is 1. The van der Waals surface area contributed by atoms with E-state index in [9.17, 15) is 34.5 Å². The molecule has 0 unspecified atom stereocenters. The number of rotatable bonds is 5. The highest BCUT2D eigenvalue weighted by molar-refractivity contribution is 5.76. The van der Waals surface area contributed by atoms with Gasteiger partial charge in [-0.05, 0) is 25.3 Å². The second kappa shape index (κ2) is 9.28. The van der Waals surface area contributed by atoms with Crippen molar-refractivity contribution in [3.63, 3.8) is 0 Å². The van der Waals surface area contributed by atoms with Crippen molar-refractivity contribution in [1.82, 2.24) is 0 Å². The highest BCUT2D eigenvalue weighted by Gasteiger charge is 2.89. The number of methoxy groups -OCH3 is 1. The fourth-order valence-corrected chi connectivity index (χ4v) is 11.0. The first-order valence-electron chi connectivity index (χ1n) is 14.8. The van der Waals surface area contributed by atoms with Crippen molar-refractivity contribution >= 4 is 23.9 Å². The van der Waals surface area contributed by atoms with Crippen molar-refractivity contribution in [2.24, 2.45) is 39.9 Å². The van der Waals surface area contributed by atoms with Crippen LogP contribution in [0.1, 0.15) is 72.0 Å². The van der Waals surface area contributed by atoms with Gasteiger partial charge in [-0.3, -0.25) is 14.4 Å². The second-order valence-electron chi connectivity index (χ2n) is 14.1. The number of hydrogen-bond acceptors (Lipinski definition) is 12. The topological polar surface area (TPSA) is 179 Å². The summed E-state index contributed by atoms with van der Waals surface area (Å²) in [7, 11) is 1.15. The monoisotopic (exact) mass is 604 g/mol. The Morgan fingerprint density at radius 2 is 1.67 bits per heavy atom.